The van der Waals surface area contributed by atoms with Crippen LogP contribution in [0.3, 0.4) is 0 Å². The van der Waals surface area contributed by atoms with Gasteiger partial charge in [0.15, 0.2) is 0 Å². The second kappa shape index (κ2) is 8.09. The Hall–Kier alpha value is -1.30. The van der Waals surface area contributed by atoms with E-state index in [4.69, 9.17) is 5.84 Å². The van der Waals surface area contributed by atoms with E-state index in [-0.39, 0.29) is 5.91 Å². The number of carbonyl (C=O) groups excluding carboxylic acids is 1. The molecule has 1 aliphatic heterocycles. The predicted molar refractivity (Wildman–Crippen MR) is 80.1 cm³/mol. The van der Waals surface area contributed by atoms with Crippen LogP contribution in [0.25, 0.3) is 0 Å². The minimum atomic E-state index is 0.209. The molecule has 0 aromatic heterocycles. The summed E-state index contributed by atoms with van der Waals surface area (Å²) in [5.74, 6) is 6.32. The van der Waals surface area contributed by atoms with E-state index < -0.39 is 0 Å². The third-order valence-electron chi connectivity index (χ3n) is 4.14. The van der Waals surface area contributed by atoms with Crippen molar-refractivity contribution >= 4 is 11.9 Å². The lowest BCUT2D eigenvalue weighted by Gasteiger charge is -2.24. The van der Waals surface area contributed by atoms with Crippen LogP contribution in [-0.4, -0.2) is 42.4 Å². The van der Waals surface area contributed by atoms with Crippen LogP contribution >= 0.6 is 0 Å². The highest BCUT2D eigenvalue weighted by molar-refractivity contribution is 5.80. The van der Waals surface area contributed by atoms with E-state index in [1.54, 1.807) is 0 Å². The number of amides is 1. The average molecular weight is 281 g/mol. The van der Waals surface area contributed by atoms with E-state index in [9.17, 15) is 4.79 Å². The molecule has 0 aromatic rings. The summed E-state index contributed by atoms with van der Waals surface area (Å²) in [5.41, 5.74) is 2.61. The first-order valence-corrected chi connectivity index (χ1v) is 7.85. The molecule has 6 heteroatoms. The van der Waals surface area contributed by atoms with E-state index in [1.165, 1.54) is 32.1 Å². The molecule has 1 saturated carbocycles. The summed E-state index contributed by atoms with van der Waals surface area (Å²) in [4.78, 5) is 18.2. The molecular weight excluding hydrogens is 254 g/mol. The van der Waals surface area contributed by atoms with Gasteiger partial charge >= 0.3 is 0 Å². The number of guanidine groups is 1. The molecule has 2 aliphatic rings. The van der Waals surface area contributed by atoms with E-state index in [0.717, 1.165) is 25.9 Å². The molecule has 6 nitrogen and oxygen atoms in total. The van der Waals surface area contributed by atoms with Gasteiger partial charge in [-0.2, -0.15) is 0 Å². The molecule has 0 unspecified atom stereocenters. The molecule has 0 atom stereocenters. The lowest BCUT2D eigenvalue weighted by Crippen LogP contribution is -2.47. The highest BCUT2D eigenvalue weighted by Crippen LogP contribution is 2.17. The minimum Gasteiger partial charge on any atom is -0.353 e. The average Bonchev–Trinajstić information content (AvgIpc) is 3.01. The summed E-state index contributed by atoms with van der Waals surface area (Å²) in [5, 5.41) is 3.34. The van der Waals surface area contributed by atoms with Crippen LogP contribution in [0.1, 0.15) is 51.4 Å². The molecule has 0 bridgehead atoms. The van der Waals surface area contributed by atoms with Gasteiger partial charge in [-0.05, 0) is 25.7 Å². The van der Waals surface area contributed by atoms with Gasteiger partial charge in [0.25, 0.3) is 0 Å². The Labute approximate surface area is 121 Å². The van der Waals surface area contributed by atoms with E-state index in [0.29, 0.717) is 25.0 Å². The van der Waals surface area contributed by atoms with Gasteiger partial charge in [-0.15, -0.1) is 0 Å². The quantitative estimate of drug-likeness (QED) is 0.307. The molecule has 1 aliphatic carbocycles. The Kier molecular flexibility index (Phi) is 6.11. The summed E-state index contributed by atoms with van der Waals surface area (Å²) in [6.07, 6.45) is 8.94. The number of aliphatic imine (C=N–C) groups is 1. The lowest BCUT2D eigenvalue weighted by atomic mass is 9.96. The predicted octanol–water partition coefficient (Wildman–Crippen LogP) is 0.740. The highest BCUT2D eigenvalue weighted by atomic mass is 16.2. The van der Waals surface area contributed by atoms with Crippen molar-refractivity contribution in [1.82, 2.24) is 15.6 Å². The highest BCUT2D eigenvalue weighted by Gasteiger charge is 2.17. The molecule has 1 saturated heterocycles. The second-order valence-corrected chi connectivity index (χ2v) is 5.69. The normalized spacial score (nSPS) is 21.1. The number of nitrogens with zero attached hydrogens (tertiary/aromatic N) is 2. The second-order valence-electron chi connectivity index (χ2n) is 5.69. The standard InChI is InChI=1S/C14H27N5O/c15-18-14(17-12-6-2-1-3-7-12)16-9-8-13(20)19-10-4-5-11-19/h12H,1-11,15H2,(H2,16,17,18). The number of carbonyl (C=O) groups is 1. The van der Waals surface area contributed by atoms with Crippen molar-refractivity contribution in [1.29, 1.82) is 0 Å². The van der Waals surface area contributed by atoms with Crippen molar-refractivity contribution in [2.75, 3.05) is 19.6 Å². The lowest BCUT2D eigenvalue weighted by molar-refractivity contribution is -0.129. The van der Waals surface area contributed by atoms with Gasteiger partial charge in [-0.25, -0.2) is 5.84 Å². The van der Waals surface area contributed by atoms with Crippen molar-refractivity contribution < 1.29 is 4.79 Å². The zero-order valence-corrected chi connectivity index (χ0v) is 12.2. The molecule has 4 N–H and O–H groups in total. The van der Waals surface area contributed by atoms with Crippen molar-refractivity contribution in [2.24, 2.45) is 10.8 Å². The van der Waals surface area contributed by atoms with Crippen molar-refractivity contribution in [3.8, 4) is 0 Å². The van der Waals surface area contributed by atoms with Crippen LogP contribution in [0.2, 0.25) is 0 Å². The number of hydrogen-bond donors (Lipinski definition) is 3. The molecule has 0 radical (unpaired) electrons. The maximum absolute atomic E-state index is 11.9. The fourth-order valence-electron chi connectivity index (χ4n) is 2.96. The van der Waals surface area contributed by atoms with Crippen molar-refractivity contribution in [2.45, 2.75) is 57.4 Å². The number of hydrogen-bond acceptors (Lipinski definition) is 3. The van der Waals surface area contributed by atoms with Gasteiger partial charge in [0.1, 0.15) is 0 Å². The van der Waals surface area contributed by atoms with E-state index in [2.05, 4.69) is 15.7 Å². The Morgan fingerprint density at radius 1 is 1.15 bits per heavy atom. The summed E-state index contributed by atoms with van der Waals surface area (Å²) in [6, 6.07) is 0.466. The van der Waals surface area contributed by atoms with Crippen LogP contribution in [0.4, 0.5) is 0 Å². The summed E-state index contributed by atoms with van der Waals surface area (Å²) in [7, 11) is 0. The smallest absolute Gasteiger partial charge is 0.224 e. The third-order valence-corrected chi connectivity index (χ3v) is 4.14. The molecule has 2 fully saturated rings. The molecule has 2 rings (SSSR count). The minimum absolute atomic E-state index is 0.209. The summed E-state index contributed by atoms with van der Waals surface area (Å²) >= 11 is 0. The van der Waals surface area contributed by atoms with Gasteiger partial charge in [-0.3, -0.25) is 15.2 Å². The third kappa shape index (κ3) is 4.67. The van der Waals surface area contributed by atoms with Crippen molar-refractivity contribution in [3.63, 3.8) is 0 Å². The fraction of sp³-hybridized carbons (Fsp3) is 0.857. The number of likely N-dealkylation sites (tertiary alicyclic amines) is 1. The van der Waals surface area contributed by atoms with Crippen LogP contribution in [0, 0.1) is 0 Å². The van der Waals surface area contributed by atoms with Crippen molar-refractivity contribution in [3.05, 3.63) is 0 Å². The van der Waals surface area contributed by atoms with Gasteiger partial charge < -0.3 is 10.2 Å². The monoisotopic (exact) mass is 281 g/mol. The SMILES string of the molecule is NNC(=NCCC(=O)N1CCCC1)NC1CCCCC1. The molecular formula is C14H27N5O. The number of hydrazine groups is 1. The molecule has 1 amide bonds. The first-order valence-electron chi connectivity index (χ1n) is 7.85. The number of nitrogens with one attached hydrogen (secondary N) is 2. The van der Waals surface area contributed by atoms with E-state index >= 15 is 0 Å². The molecule has 114 valence electrons. The molecule has 20 heavy (non-hydrogen) atoms. The molecule has 0 aromatic carbocycles. The number of rotatable bonds is 4. The Balaban J connectivity index is 1.71. The van der Waals surface area contributed by atoms with Crippen LogP contribution < -0.4 is 16.6 Å². The number of nitrogens with two attached hydrogens (primary N) is 1. The fourth-order valence-corrected chi connectivity index (χ4v) is 2.96. The first kappa shape index (κ1) is 15.1. The Bertz CT molecular complexity index is 332. The van der Waals surface area contributed by atoms with Gasteiger partial charge in [0, 0.05) is 25.6 Å². The Morgan fingerprint density at radius 2 is 1.85 bits per heavy atom. The largest absolute Gasteiger partial charge is 0.353 e. The van der Waals surface area contributed by atoms with Crippen LogP contribution in [-0.2, 0) is 4.79 Å². The zero-order valence-electron chi connectivity index (χ0n) is 12.2. The first-order chi connectivity index (χ1) is 9.79. The molecule has 0 spiro atoms. The molecule has 1 heterocycles. The summed E-state index contributed by atoms with van der Waals surface area (Å²) in [6.45, 7) is 2.31. The maximum Gasteiger partial charge on any atom is 0.224 e. The Morgan fingerprint density at radius 3 is 2.50 bits per heavy atom. The van der Waals surface area contributed by atoms with Crippen LogP contribution in [0.5, 0.6) is 0 Å². The van der Waals surface area contributed by atoms with Crippen LogP contribution in [0.15, 0.2) is 4.99 Å². The van der Waals surface area contributed by atoms with E-state index in [1.807, 2.05) is 4.90 Å². The van der Waals surface area contributed by atoms with Gasteiger partial charge in [0.2, 0.25) is 11.9 Å². The van der Waals surface area contributed by atoms with Gasteiger partial charge in [0.05, 0.1) is 6.54 Å². The maximum atomic E-state index is 11.9. The zero-order chi connectivity index (χ0) is 14.2. The topological polar surface area (TPSA) is 82.7 Å². The van der Waals surface area contributed by atoms with Gasteiger partial charge in [-0.1, -0.05) is 19.3 Å². The summed E-state index contributed by atoms with van der Waals surface area (Å²) < 4.78 is 0.